The molecule has 0 atom stereocenters. The Morgan fingerprint density at radius 1 is 0.969 bits per heavy atom. The highest BCUT2D eigenvalue weighted by Crippen LogP contribution is 2.28. The molecule has 0 unspecified atom stereocenters. The molecule has 3 aromatic rings. The van der Waals surface area contributed by atoms with Gasteiger partial charge in [0.2, 0.25) is 10.0 Å². The average Bonchev–Trinajstić information content (AvgIpc) is 3.09. The van der Waals surface area contributed by atoms with Crippen LogP contribution in [0.5, 0.6) is 0 Å². The minimum atomic E-state index is -3.39. The van der Waals surface area contributed by atoms with E-state index in [2.05, 4.69) is 15.4 Å². The lowest BCUT2D eigenvalue weighted by Gasteiger charge is -2.09. The van der Waals surface area contributed by atoms with Crippen molar-refractivity contribution in [2.45, 2.75) is 20.3 Å². The number of benzene rings is 2. The maximum absolute atomic E-state index is 13.3. The van der Waals surface area contributed by atoms with Crippen molar-refractivity contribution < 1.29 is 22.4 Å². The molecule has 32 heavy (non-hydrogen) atoms. The molecule has 1 aromatic heterocycles. The van der Waals surface area contributed by atoms with Gasteiger partial charge in [-0.3, -0.25) is 14.3 Å². The molecule has 0 fully saturated rings. The number of aryl methyl sites for hydroxylation is 1. The Kier molecular flexibility index (Phi) is 7.26. The standard InChI is InChI=1S/C22H22FN3O4S2/c1-3-11-32(29,30)26-18-9-7-17(8-10-18)24-22(28)20-14(2)12-19(31-20)25-21(27)15-5-4-6-16(23)13-15/h4-10,12-13,26H,3,11H2,1-2H3,(H,24,28)(H,25,27). The zero-order chi connectivity index (χ0) is 23.3. The van der Waals surface area contributed by atoms with Crippen molar-refractivity contribution in [3.8, 4) is 0 Å². The summed E-state index contributed by atoms with van der Waals surface area (Å²) in [4.78, 5) is 25.4. The fourth-order valence-electron chi connectivity index (χ4n) is 2.89. The number of anilines is 3. The first-order valence-electron chi connectivity index (χ1n) is 9.76. The van der Waals surface area contributed by atoms with E-state index in [-0.39, 0.29) is 17.2 Å². The van der Waals surface area contributed by atoms with Crippen LogP contribution in [0.3, 0.4) is 0 Å². The Morgan fingerprint density at radius 2 is 1.66 bits per heavy atom. The van der Waals surface area contributed by atoms with E-state index in [4.69, 9.17) is 0 Å². The molecule has 0 radical (unpaired) electrons. The highest BCUT2D eigenvalue weighted by molar-refractivity contribution is 7.92. The largest absolute Gasteiger partial charge is 0.321 e. The second-order valence-electron chi connectivity index (χ2n) is 7.04. The van der Waals surface area contributed by atoms with Crippen LogP contribution < -0.4 is 15.4 Å². The number of hydrogen-bond donors (Lipinski definition) is 3. The molecule has 2 aromatic carbocycles. The molecule has 0 bridgehead atoms. The van der Waals surface area contributed by atoms with Gasteiger partial charge in [-0.05, 0) is 67.4 Å². The lowest BCUT2D eigenvalue weighted by molar-refractivity contribution is 0.101. The number of carbonyl (C=O) groups is 2. The summed E-state index contributed by atoms with van der Waals surface area (Å²) in [5.41, 5.74) is 1.75. The number of sulfonamides is 1. The third-order valence-electron chi connectivity index (χ3n) is 4.34. The molecule has 10 heteroatoms. The third-order valence-corrected chi connectivity index (χ3v) is 6.98. The molecular formula is C22H22FN3O4S2. The SMILES string of the molecule is CCCS(=O)(=O)Nc1ccc(NC(=O)c2sc(NC(=O)c3cccc(F)c3)cc2C)cc1. The summed E-state index contributed by atoms with van der Waals surface area (Å²) in [6, 6.07) is 13.3. The maximum Gasteiger partial charge on any atom is 0.266 e. The summed E-state index contributed by atoms with van der Waals surface area (Å²) in [5, 5.41) is 5.89. The Labute approximate surface area is 189 Å². The van der Waals surface area contributed by atoms with Gasteiger partial charge in [0.05, 0.1) is 15.6 Å². The van der Waals surface area contributed by atoms with Crippen LogP contribution in [-0.2, 0) is 10.0 Å². The van der Waals surface area contributed by atoms with Gasteiger partial charge in [-0.25, -0.2) is 12.8 Å². The number of hydrogen-bond acceptors (Lipinski definition) is 5. The summed E-state index contributed by atoms with van der Waals surface area (Å²) >= 11 is 1.10. The Morgan fingerprint density at radius 3 is 2.31 bits per heavy atom. The molecule has 2 amide bonds. The van der Waals surface area contributed by atoms with E-state index in [0.29, 0.717) is 33.2 Å². The van der Waals surface area contributed by atoms with E-state index in [0.717, 1.165) is 17.4 Å². The summed E-state index contributed by atoms with van der Waals surface area (Å²) in [5.74, 6) is -1.32. The van der Waals surface area contributed by atoms with Crippen molar-refractivity contribution in [3.63, 3.8) is 0 Å². The van der Waals surface area contributed by atoms with Gasteiger partial charge in [-0.15, -0.1) is 11.3 Å². The maximum atomic E-state index is 13.3. The van der Waals surface area contributed by atoms with Gasteiger partial charge in [0.15, 0.2) is 0 Å². The first-order chi connectivity index (χ1) is 15.2. The monoisotopic (exact) mass is 475 g/mol. The number of halogens is 1. The number of rotatable bonds is 8. The molecule has 1 heterocycles. The molecule has 3 N–H and O–H groups in total. The summed E-state index contributed by atoms with van der Waals surface area (Å²) < 4.78 is 39.5. The zero-order valence-corrected chi connectivity index (χ0v) is 19.1. The number of amides is 2. The Bertz CT molecular complexity index is 1240. The highest BCUT2D eigenvalue weighted by atomic mass is 32.2. The number of thiophene rings is 1. The molecule has 0 aliphatic carbocycles. The molecule has 0 saturated carbocycles. The first-order valence-corrected chi connectivity index (χ1v) is 12.2. The summed E-state index contributed by atoms with van der Waals surface area (Å²) in [6.45, 7) is 3.53. The van der Waals surface area contributed by atoms with E-state index >= 15 is 0 Å². The topological polar surface area (TPSA) is 104 Å². The quantitative estimate of drug-likeness (QED) is 0.433. The van der Waals surface area contributed by atoms with Crippen LogP contribution in [0.15, 0.2) is 54.6 Å². The van der Waals surface area contributed by atoms with Crippen molar-refractivity contribution >= 4 is 49.6 Å². The van der Waals surface area contributed by atoms with Gasteiger partial charge >= 0.3 is 0 Å². The lowest BCUT2D eigenvalue weighted by Crippen LogP contribution is -2.16. The average molecular weight is 476 g/mol. The van der Waals surface area contributed by atoms with Gasteiger partial charge in [-0.2, -0.15) is 0 Å². The highest BCUT2D eigenvalue weighted by Gasteiger charge is 2.16. The molecule has 0 spiro atoms. The number of carbonyl (C=O) groups excluding carboxylic acids is 2. The number of nitrogens with one attached hydrogen (secondary N) is 3. The molecule has 0 aliphatic heterocycles. The van der Waals surface area contributed by atoms with Crippen LogP contribution in [0, 0.1) is 12.7 Å². The fourth-order valence-corrected chi connectivity index (χ4v) is 4.99. The Hall–Kier alpha value is -3.24. The Balaban J connectivity index is 1.66. The van der Waals surface area contributed by atoms with E-state index < -0.39 is 21.7 Å². The van der Waals surface area contributed by atoms with E-state index in [1.807, 2.05) is 0 Å². The lowest BCUT2D eigenvalue weighted by atomic mass is 10.2. The van der Waals surface area contributed by atoms with Crippen LogP contribution in [0.2, 0.25) is 0 Å². The predicted molar refractivity (Wildman–Crippen MR) is 126 cm³/mol. The van der Waals surface area contributed by atoms with E-state index in [9.17, 15) is 22.4 Å². The molecule has 0 aliphatic rings. The fraction of sp³-hybridized carbons (Fsp3) is 0.182. The smallest absolute Gasteiger partial charge is 0.266 e. The molecule has 0 saturated heterocycles. The van der Waals surface area contributed by atoms with Crippen LogP contribution in [0.25, 0.3) is 0 Å². The summed E-state index contributed by atoms with van der Waals surface area (Å²) in [6.07, 6.45) is 0.508. The van der Waals surface area contributed by atoms with Crippen LogP contribution >= 0.6 is 11.3 Å². The second kappa shape index (κ2) is 9.92. The molecule has 3 rings (SSSR count). The minimum Gasteiger partial charge on any atom is -0.321 e. The normalized spacial score (nSPS) is 11.1. The van der Waals surface area contributed by atoms with E-state index in [1.165, 1.54) is 18.2 Å². The summed E-state index contributed by atoms with van der Waals surface area (Å²) in [7, 11) is -3.39. The first kappa shape index (κ1) is 23.4. The van der Waals surface area contributed by atoms with Crippen molar-refractivity contribution in [1.82, 2.24) is 0 Å². The van der Waals surface area contributed by atoms with Gasteiger partial charge < -0.3 is 10.6 Å². The van der Waals surface area contributed by atoms with Crippen LogP contribution in [0.4, 0.5) is 20.8 Å². The molecular weight excluding hydrogens is 453 g/mol. The van der Waals surface area contributed by atoms with Gasteiger partial charge in [0, 0.05) is 16.9 Å². The third kappa shape index (κ3) is 6.14. The van der Waals surface area contributed by atoms with Crippen molar-refractivity contribution in [1.29, 1.82) is 0 Å². The van der Waals surface area contributed by atoms with Crippen LogP contribution in [0.1, 0.15) is 38.9 Å². The van der Waals surface area contributed by atoms with Gasteiger partial charge in [0.25, 0.3) is 11.8 Å². The molecule has 7 nitrogen and oxygen atoms in total. The van der Waals surface area contributed by atoms with Crippen molar-refractivity contribution in [2.24, 2.45) is 0 Å². The molecule has 168 valence electrons. The van der Waals surface area contributed by atoms with Gasteiger partial charge in [0.1, 0.15) is 5.82 Å². The minimum absolute atomic E-state index is 0.0290. The predicted octanol–water partition coefficient (Wildman–Crippen LogP) is 4.85. The van der Waals surface area contributed by atoms with E-state index in [1.54, 1.807) is 44.2 Å². The zero-order valence-electron chi connectivity index (χ0n) is 17.4. The van der Waals surface area contributed by atoms with Crippen LogP contribution in [-0.4, -0.2) is 26.0 Å². The van der Waals surface area contributed by atoms with Crippen molar-refractivity contribution in [3.05, 3.63) is 76.4 Å². The second-order valence-corrected chi connectivity index (χ2v) is 9.93. The van der Waals surface area contributed by atoms with Crippen molar-refractivity contribution in [2.75, 3.05) is 21.1 Å². The van der Waals surface area contributed by atoms with Gasteiger partial charge in [-0.1, -0.05) is 13.0 Å².